The molecule has 1 rings (SSSR count). The second-order valence-electron chi connectivity index (χ2n) is 4.99. The first-order valence-electron chi connectivity index (χ1n) is 6.87. The van der Waals surface area contributed by atoms with Gasteiger partial charge in [-0.1, -0.05) is 13.8 Å². The highest BCUT2D eigenvalue weighted by molar-refractivity contribution is 5.94. The number of nitriles is 1. The van der Waals surface area contributed by atoms with Crippen LogP contribution in [0.15, 0.2) is 12.1 Å². The zero-order valence-electron chi connectivity index (χ0n) is 12.6. The summed E-state index contributed by atoms with van der Waals surface area (Å²) in [5.41, 5.74) is 1.50. The molecule has 1 aromatic rings. The molecular weight excluding hydrogens is 252 g/mol. The second kappa shape index (κ2) is 7.49. The summed E-state index contributed by atoms with van der Waals surface area (Å²) < 4.78 is 0. The van der Waals surface area contributed by atoms with E-state index in [-0.39, 0.29) is 11.8 Å². The van der Waals surface area contributed by atoms with Gasteiger partial charge in [-0.2, -0.15) is 5.26 Å². The first kappa shape index (κ1) is 16.0. The Balaban J connectivity index is 3.03. The van der Waals surface area contributed by atoms with Crippen LogP contribution < -0.4 is 5.32 Å². The van der Waals surface area contributed by atoms with Gasteiger partial charge in [0.05, 0.1) is 12.5 Å². The molecule has 0 spiro atoms. The molecule has 108 valence electrons. The Labute approximate surface area is 120 Å². The fourth-order valence-electron chi connectivity index (χ4n) is 1.78. The zero-order chi connectivity index (χ0) is 15.1. The Bertz CT molecular complexity index is 505. The predicted molar refractivity (Wildman–Crippen MR) is 79.7 cm³/mol. The zero-order valence-corrected chi connectivity index (χ0v) is 12.6. The molecule has 0 aliphatic rings. The van der Waals surface area contributed by atoms with Gasteiger partial charge in [-0.25, -0.2) is 4.98 Å². The molecule has 0 fully saturated rings. The fraction of sp³-hybridized carbons (Fsp3) is 0.533. The summed E-state index contributed by atoms with van der Waals surface area (Å²) in [7, 11) is 1.71. The lowest BCUT2D eigenvalue weighted by molar-refractivity contribution is 0.0798. The van der Waals surface area contributed by atoms with Gasteiger partial charge in [0.25, 0.3) is 5.91 Å². The molecule has 0 aromatic carbocycles. The van der Waals surface area contributed by atoms with Gasteiger partial charge >= 0.3 is 0 Å². The second-order valence-corrected chi connectivity index (χ2v) is 4.99. The SMILES string of the molecule is CCNc1cc(C(=O)N(C)CCC#N)cc(C(C)C)n1. The molecule has 0 aliphatic heterocycles. The maximum absolute atomic E-state index is 12.3. The lowest BCUT2D eigenvalue weighted by Crippen LogP contribution is -2.28. The molecular formula is C15H22N4O. The lowest BCUT2D eigenvalue weighted by atomic mass is 10.1. The van der Waals surface area contributed by atoms with Crippen molar-refractivity contribution in [3.8, 4) is 6.07 Å². The Morgan fingerprint density at radius 1 is 1.50 bits per heavy atom. The van der Waals surface area contributed by atoms with Crippen LogP contribution in [0, 0.1) is 11.3 Å². The molecule has 1 N–H and O–H groups in total. The first-order chi connectivity index (χ1) is 9.49. The van der Waals surface area contributed by atoms with Gasteiger partial charge in [-0.3, -0.25) is 4.79 Å². The highest BCUT2D eigenvalue weighted by Gasteiger charge is 2.15. The third-order valence-corrected chi connectivity index (χ3v) is 2.95. The lowest BCUT2D eigenvalue weighted by Gasteiger charge is -2.17. The molecule has 1 heterocycles. The number of carbonyl (C=O) groups is 1. The summed E-state index contributed by atoms with van der Waals surface area (Å²) in [5, 5.41) is 11.7. The highest BCUT2D eigenvalue weighted by atomic mass is 16.2. The number of pyridine rings is 1. The van der Waals surface area contributed by atoms with Crippen LogP contribution in [0.5, 0.6) is 0 Å². The van der Waals surface area contributed by atoms with Crippen LogP contribution in [0.4, 0.5) is 5.82 Å². The van der Waals surface area contributed by atoms with Gasteiger partial charge < -0.3 is 10.2 Å². The van der Waals surface area contributed by atoms with Crippen molar-refractivity contribution < 1.29 is 4.79 Å². The Morgan fingerprint density at radius 2 is 2.20 bits per heavy atom. The number of amides is 1. The van der Waals surface area contributed by atoms with Crippen LogP contribution >= 0.6 is 0 Å². The number of rotatable bonds is 6. The summed E-state index contributed by atoms with van der Waals surface area (Å²) in [5.74, 6) is 0.893. The number of carbonyl (C=O) groups excluding carboxylic acids is 1. The number of hydrogen-bond acceptors (Lipinski definition) is 4. The van der Waals surface area contributed by atoms with Gasteiger partial charge in [-0.05, 0) is 25.0 Å². The molecule has 5 heteroatoms. The van der Waals surface area contributed by atoms with Crippen molar-refractivity contribution in [1.82, 2.24) is 9.88 Å². The topological polar surface area (TPSA) is 69.0 Å². The van der Waals surface area contributed by atoms with E-state index in [4.69, 9.17) is 5.26 Å². The summed E-state index contributed by atoms with van der Waals surface area (Å²) in [6.45, 7) is 7.28. The van der Waals surface area contributed by atoms with E-state index in [9.17, 15) is 4.79 Å². The molecule has 0 unspecified atom stereocenters. The Kier molecular flexibility index (Phi) is 5.98. The summed E-state index contributed by atoms with van der Waals surface area (Å²) in [6.07, 6.45) is 0.338. The van der Waals surface area contributed by atoms with Crippen molar-refractivity contribution in [2.75, 3.05) is 25.5 Å². The molecule has 0 saturated carbocycles. The molecule has 1 aromatic heterocycles. The molecule has 5 nitrogen and oxygen atoms in total. The van der Waals surface area contributed by atoms with Crippen LogP contribution in [0.3, 0.4) is 0 Å². The first-order valence-corrected chi connectivity index (χ1v) is 6.87. The highest BCUT2D eigenvalue weighted by Crippen LogP contribution is 2.18. The number of anilines is 1. The average molecular weight is 274 g/mol. The molecule has 1 amide bonds. The maximum Gasteiger partial charge on any atom is 0.253 e. The van der Waals surface area contributed by atoms with Crippen molar-refractivity contribution >= 4 is 11.7 Å². The third-order valence-electron chi connectivity index (χ3n) is 2.95. The van der Waals surface area contributed by atoms with Crippen LogP contribution in [0.25, 0.3) is 0 Å². The fourth-order valence-corrected chi connectivity index (χ4v) is 1.78. The van der Waals surface area contributed by atoms with Crippen LogP contribution in [-0.4, -0.2) is 35.9 Å². The Morgan fingerprint density at radius 3 is 2.75 bits per heavy atom. The summed E-state index contributed by atoms with van der Waals surface area (Å²) in [4.78, 5) is 18.4. The molecule has 0 bridgehead atoms. The minimum absolute atomic E-state index is 0.0799. The summed E-state index contributed by atoms with van der Waals surface area (Å²) >= 11 is 0. The smallest absolute Gasteiger partial charge is 0.253 e. The van der Waals surface area contributed by atoms with Crippen LogP contribution in [0.1, 0.15) is 49.2 Å². The van der Waals surface area contributed by atoms with E-state index in [2.05, 4.69) is 10.3 Å². The van der Waals surface area contributed by atoms with Crippen molar-refractivity contribution in [2.24, 2.45) is 0 Å². The Hall–Kier alpha value is -2.09. The van der Waals surface area contributed by atoms with Crippen LogP contribution in [-0.2, 0) is 0 Å². The molecule has 0 radical (unpaired) electrons. The van der Waals surface area contributed by atoms with Gasteiger partial charge in [0, 0.05) is 31.4 Å². The van der Waals surface area contributed by atoms with E-state index in [0.29, 0.717) is 18.5 Å². The van der Waals surface area contributed by atoms with E-state index in [1.807, 2.05) is 32.9 Å². The van der Waals surface area contributed by atoms with E-state index < -0.39 is 0 Å². The van der Waals surface area contributed by atoms with E-state index in [1.54, 1.807) is 18.0 Å². The maximum atomic E-state index is 12.3. The number of hydrogen-bond donors (Lipinski definition) is 1. The third kappa shape index (κ3) is 4.23. The van der Waals surface area contributed by atoms with Gasteiger partial charge in [0.15, 0.2) is 0 Å². The standard InChI is InChI=1S/C15H22N4O/c1-5-17-14-10-12(9-13(18-14)11(2)3)15(20)19(4)8-6-7-16/h9-11H,5-6,8H2,1-4H3,(H,17,18). The van der Waals surface area contributed by atoms with Crippen LogP contribution in [0.2, 0.25) is 0 Å². The molecule has 0 atom stereocenters. The summed E-state index contributed by atoms with van der Waals surface area (Å²) in [6, 6.07) is 5.64. The van der Waals surface area contributed by atoms with Gasteiger partial charge in [0.1, 0.15) is 5.82 Å². The van der Waals surface area contributed by atoms with Crippen molar-refractivity contribution in [2.45, 2.75) is 33.1 Å². The average Bonchev–Trinajstić information content (AvgIpc) is 2.43. The van der Waals surface area contributed by atoms with E-state index >= 15 is 0 Å². The number of aromatic nitrogens is 1. The number of nitrogens with one attached hydrogen (secondary N) is 1. The quantitative estimate of drug-likeness (QED) is 0.865. The van der Waals surface area contributed by atoms with Crippen molar-refractivity contribution in [1.29, 1.82) is 5.26 Å². The van der Waals surface area contributed by atoms with E-state index in [1.165, 1.54) is 0 Å². The van der Waals surface area contributed by atoms with Crippen molar-refractivity contribution in [3.63, 3.8) is 0 Å². The van der Waals surface area contributed by atoms with Gasteiger partial charge in [-0.15, -0.1) is 0 Å². The largest absolute Gasteiger partial charge is 0.370 e. The van der Waals surface area contributed by atoms with Gasteiger partial charge in [0.2, 0.25) is 0 Å². The predicted octanol–water partition coefficient (Wildman–Crippen LogP) is 2.62. The molecule has 20 heavy (non-hydrogen) atoms. The van der Waals surface area contributed by atoms with Crippen molar-refractivity contribution in [3.05, 3.63) is 23.4 Å². The normalized spacial score (nSPS) is 10.2. The minimum Gasteiger partial charge on any atom is -0.370 e. The molecule has 0 aliphatic carbocycles. The minimum atomic E-state index is -0.0799. The van der Waals surface area contributed by atoms with E-state index in [0.717, 1.165) is 18.1 Å². The monoisotopic (exact) mass is 274 g/mol. The number of nitrogens with zero attached hydrogens (tertiary/aromatic N) is 3. The molecule has 0 saturated heterocycles.